The van der Waals surface area contributed by atoms with Crippen LogP contribution in [0.15, 0.2) is 36.4 Å². The Morgan fingerprint density at radius 2 is 1.96 bits per heavy atom. The van der Waals surface area contributed by atoms with Crippen molar-refractivity contribution in [2.24, 2.45) is 11.7 Å². The Kier molecular flexibility index (Phi) is 10.4. The fourth-order valence-electron chi connectivity index (χ4n) is 6.76. The molecular formula is C33H43N5O8. The fourth-order valence-corrected chi connectivity index (χ4v) is 6.76. The maximum atomic E-state index is 14.1. The predicted octanol–water partition coefficient (Wildman–Crippen LogP) is 2.34. The summed E-state index contributed by atoms with van der Waals surface area (Å²) in [6.45, 7) is 3.27. The quantitative estimate of drug-likeness (QED) is 0.297. The first-order valence-electron chi connectivity index (χ1n) is 15.8. The van der Waals surface area contributed by atoms with E-state index in [9.17, 15) is 29.4 Å². The van der Waals surface area contributed by atoms with Crippen molar-refractivity contribution in [2.45, 2.75) is 57.7 Å². The number of urea groups is 1. The number of anilines is 1. The van der Waals surface area contributed by atoms with Crippen LogP contribution in [0.1, 0.15) is 55.2 Å². The number of ether oxygens (including phenoxy) is 2. The molecule has 46 heavy (non-hydrogen) atoms. The Morgan fingerprint density at radius 1 is 1.15 bits per heavy atom. The van der Waals surface area contributed by atoms with Crippen LogP contribution in [-0.2, 0) is 27.5 Å². The second-order valence-corrected chi connectivity index (χ2v) is 12.1. The Labute approximate surface area is 268 Å². The minimum absolute atomic E-state index is 0.00181. The lowest BCUT2D eigenvalue weighted by atomic mass is 9.83. The van der Waals surface area contributed by atoms with Gasteiger partial charge in [-0.1, -0.05) is 25.5 Å². The van der Waals surface area contributed by atoms with Crippen LogP contribution >= 0.6 is 0 Å². The summed E-state index contributed by atoms with van der Waals surface area (Å²) < 4.78 is 11.1. The number of carboxylic acids is 1. The number of nitrogens with zero attached hydrogens (tertiary/aromatic N) is 4. The molecule has 248 valence electrons. The molecule has 4 N–H and O–H groups in total. The van der Waals surface area contributed by atoms with Crippen LogP contribution in [0.5, 0.6) is 11.5 Å². The topological polar surface area (TPSA) is 166 Å². The number of carbonyl (C=O) groups excluding carboxylic acids is 3. The van der Waals surface area contributed by atoms with E-state index in [0.29, 0.717) is 35.7 Å². The molecule has 0 unspecified atom stereocenters. The molecule has 13 nitrogen and oxygen atoms in total. The lowest BCUT2D eigenvalue weighted by molar-refractivity contribution is -0.143. The zero-order valence-corrected chi connectivity index (χ0v) is 26.4. The highest BCUT2D eigenvalue weighted by molar-refractivity contribution is 5.96. The smallest absolute Gasteiger partial charge is 0.326 e. The van der Waals surface area contributed by atoms with Crippen molar-refractivity contribution >= 4 is 29.5 Å². The third-order valence-electron chi connectivity index (χ3n) is 9.26. The van der Waals surface area contributed by atoms with Crippen molar-refractivity contribution < 1.29 is 38.9 Å². The van der Waals surface area contributed by atoms with Crippen LogP contribution < -0.4 is 20.1 Å². The highest BCUT2D eigenvalue weighted by Crippen LogP contribution is 2.44. The Morgan fingerprint density at radius 3 is 2.67 bits per heavy atom. The summed E-state index contributed by atoms with van der Waals surface area (Å²) in [5, 5.41) is 20.7. The molecule has 0 bridgehead atoms. The number of fused-ring (bicyclic) bond motifs is 1. The number of aliphatic hydroxyl groups is 1. The van der Waals surface area contributed by atoms with Crippen molar-refractivity contribution in [3.63, 3.8) is 0 Å². The first-order chi connectivity index (χ1) is 22.2. The second kappa shape index (κ2) is 14.5. The Hall–Kier alpha value is -4.20. The van der Waals surface area contributed by atoms with Crippen LogP contribution in [-0.4, -0.2) is 101 Å². The molecule has 5 rings (SSSR count). The lowest BCUT2D eigenvalue weighted by Crippen LogP contribution is -2.52. The number of aliphatic hydroxyl groups excluding tert-OH is 1. The zero-order valence-electron chi connectivity index (χ0n) is 26.4. The average Bonchev–Trinajstić information content (AvgIpc) is 3.68. The molecule has 2 saturated heterocycles. The number of likely N-dealkylation sites (tertiary alicyclic amines) is 1. The van der Waals surface area contributed by atoms with E-state index in [1.807, 2.05) is 29.2 Å². The van der Waals surface area contributed by atoms with E-state index < -0.39 is 29.9 Å². The molecule has 0 spiro atoms. The summed E-state index contributed by atoms with van der Waals surface area (Å²) in [5.74, 6) is -2.04. The van der Waals surface area contributed by atoms with Crippen LogP contribution in [0.3, 0.4) is 0 Å². The molecule has 2 fully saturated rings. The fraction of sp³-hybridized carbons (Fsp3) is 0.515. The van der Waals surface area contributed by atoms with Gasteiger partial charge in [-0.05, 0) is 48.2 Å². The second-order valence-electron chi connectivity index (χ2n) is 12.1. The molecule has 3 aliphatic rings. The lowest BCUT2D eigenvalue weighted by Gasteiger charge is -2.34. The summed E-state index contributed by atoms with van der Waals surface area (Å²) in [5.41, 5.74) is 8.68. The average molecular weight is 638 g/mol. The van der Waals surface area contributed by atoms with Gasteiger partial charge in [-0.15, -0.1) is 0 Å². The Bertz CT molecular complexity index is 1470. The minimum Gasteiger partial charge on any atom is -0.481 e. The van der Waals surface area contributed by atoms with Gasteiger partial charge in [-0.25, -0.2) is 4.79 Å². The number of carboxylic acid groups (broad SMARTS) is 1. The van der Waals surface area contributed by atoms with Gasteiger partial charge < -0.3 is 35.2 Å². The minimum atomic E-state index is -1.02. The van der Waals surface area contributed by atoms with Gasteiger partial charge >= 0.3 is 12.0 Å². The molecule has 13 heteroatoms. The van der Waals surface area contributed by atoms with Gasteiger partial charge in [0, 0.05) is 69.4 Å². The highest BCUT2D eigenvalue weighted by atomic mass is 16.7. The first-order valence-corrected chi connectivity index (χ1v) is 15.8. The van der Waals surface area contributed by atoms with Gasteiger partial charge in [0.05, 0.1) is 19.1 Å². The number of unbranched alkanes of at least 4 members (excludes halogenated alkanes) is 1. The van der Waals surface area contributed by atoms with Crippen molar-refractivity contribution in [2.75, 3.05) is 51.5 Å². The van der Waals surface area contributed by atoms with Crippen LogP contribution in [0, 0.1) is 5.92 Å². The standard InChI is InChI=1S/C33H43N5O8/c1-3-4-10-38(24-7-5-6-21(13-24)16-34)29(41)18-37-17-25(22-14-23(19-39)31-27(15-22)45-20-46-31)30(32(42)43)26(37)8-11-36-12-9-28(40)35(2)33(36)44/h5-7,13-15,25-26,30,39H,3-4,8-12,16-20,34H2,1-2H3,(H,42,43)/t25-,26+,30-/m1/s1. The molecule has 0 aliphatic carbocycles. The van der Waals surface area contributed by atoms with E-state index >= 15 is 0 Å². The summed E-state index contributed by atoms with van der Waals surface area (Å²) in [6, 6.07) is 10.0. The molecule has 0 aromatic heterocycles. The van der Waals surface area contributed by atoms with Crippen molar-refractivity contribution in [1.29, 1.82) is 0 Å². The third kappa shape index (κ3) is 6.81. The van der Waals surface area contributed by atoms with E-state index in [2.05, 4.69) is 6.92 Å². The molecule has 4 amide bonds. The van der Waals surface area contributed by atoms with E-state index in [-0.39, 0.29) is 64.2 Å². The maximum absolute atomic E-state index is 14.1. The number of aliphatic carboxylic acids is 1. The number of carbonyl (C=O) groups is 4. The zero-order chi connectivity index (χ0) is 33.0. The van der Waals surface area contributed by atoms with Crippen molar-refractivity contribution in [3.05, 3.63) is 53.1 Å². The summed E-state index contributed by atoms with van der Waals surface area (Å²) >= 11 is 0. The van der Waals surface area contributed by atoms with Gasteiger partial charge in [-0.2, -0.15) is 0 Å². The molecular weight excluding hydrogens is 594 g/mol. The molecule has 0 saturated carbocycles. The van der Waals surface area contributed by atoms with E-state index in [1.165, 1.54) is 7.05 Å². The SMILES string of the molecule is CCCCN(C(=O)CN1C[C@H](c2cc(CO)c3c(c2)OCO3)[C@@H](C(=O)O)[C@@H]1CCN1CCC(=O)N(C)C1=O)c1cccc(CN)c1. The first kappa shape index (κ1) is 33.2. The summed E-state index contributed by atoms with van der Waals surface area (Å²) in [4.78, 5) is 58.3. The number of imide groups is 1. The summed E-state index contributed by atoms with van der Waals surface area (Å²) in [6.07, 6.45) is 2.14. The van der Waals surface area contributed by atoms with Crippen LogP contribution in [0.2, 0.25) is 0 Å². The molecule has 2 aromatic rings. The summed E-state index contributed by atoms with van der Waals surface area (Å²) in [7, 11) is 1.44. The van der Waals surface area contributed by atoms with Gasteiger partial charge in [0.15, 0.2) is 11.5 Å². The van der Waals surface area contributed by atoms with Crippen molar-refractivity contribution in [3.8, 4) is 11.5 Å². The van der Waals surface area contributed by atoms with Crippen LogP contribution in [0.4, 0.5) is 10.5 Å². The molecule has 3 heterocycles. The van der Waals surface area contributed by atoms with E-state index in [0.717, 1.165) is 29.0 Å². The van der Waals surface area contributed by atoms with Crippen LogP contribution in [0.25, 0.3) is 0 Å². The molecule has 2 aromatic carbocycles. The maximum Gasteiger partial charge on any atom is 0.326 e. The third-order valence-corrected chi connectivity index (χ3v) is 9.26. The molecule has 3 atom stereocenters. The van der Waals surface area contributed by atoms with Gasteiger partial charge in [0.2, 0.25) is 18.6 Å². The normalized spacial score (nSPS) is 21.3. The van der Waals surface area contributed by atoms with Gasteiger partial charge in [-0.3, -0.25) is 24.2 Å². The highest BCUT2D eigenvalue weighted by Gasteiger charge is 2.48. The van der Waals surface area contributed by atoms with Crippen molar-refractivity contribution in [1.82, 2.24) is 14.7 Å². The predicted molar refractivity (Wildman–Crippen MR) is 168 cm³/mol. The van der Waals surface area contributed by atoms with E-state index in [1.54, 1.807) is 21.9 Å². The van der Waals surface area contributed by atoms with Gasteiger partial charge in [0.1, 0.15) is 0 Å². The van der Waals surface area contributed by atoms with E-state index in [4.69, 9.17) is 15.2 Å². The Balaban J connectivity index is 1.47. The molecule has 0 radical (unpaired) electrons. The largest absolute Gasteiger partial charge is 0.481 e. The number of amides is 4. The van der Waals surface area contributed by atoms with Gasteiger partial charge in [0.25, 0.3) is 0 Å². The number of rotatable bonds is 13. The number of nitrogens with two attached hydrogens (primary N) is 1. The molecule has 3 aliphatic heterocycles. The number of hydrogen-bond acceptors (Lipinski definition) is 9. The monoisotopic (exact) mass is 637 g/mol. The number of benzene rings is 2. The number of hydrogen-bond donors (Lipinski definition) is 3.